The van der Waals surface area contributed by atoms with E-state index in [1.807, 2.05) is 19.9 Å². The van der Waals surface area contributed by atoms with E-state index in [2.05, 4.69) is 36.6 Å². The largest absolute Gasteiger partial charge is 0.341 e. The van der Waals surface area contributed by atoms with Crippen LogP contribution in [0.15, 0.2) is 29.2 Å². The highest BCUT2D eigenvalue weighted by molar-refractivity contribution is 8.18. The van der Waals surface area contributed by atoms with Gasteiger partial charge in [0.25, 0.3) is 11.1 Å². The zero-order chi connectivity index (χ0) is 23.7. The summed E-state index contributed by atoms with van der Waals surface area (Å²) in [4.78, 5) is 41.6. The van der Waals surface area contributed by atoms with Crippen LogP contribution in [0.3, 0.4) is 0 Å². The maximum Gasteiger partial charge on any atom is 0.294 e. The fourth-order valence-corrected chi connectivity index (χ4v) is 5.57. The van der Waals surface area contributed by atoms with Crippen LogP contribution < -0.4 is 0 Å². The molecule has 0 saturated carbocycles. The zero-order valence-electron chi connectivity index (χ0n) is 19.8. The number of likely N-dealkylation sites (tertiary alicyclic amines) is 1. The number of imide groups is 1. The summed E-state index contributed by atoms with van der Waals surface area (Å²) in [6.07, 6.45) is 5.97. The number of hydrogen-bond acceptors (Lipinski definition) is 4. The van der Waals surface area contributed by atoms with Crippen LogP contribution in [0.5, 0.6) is 0 Å². The van der Waals surface area contributed by atoms with Gasteiger partial charge in [-0.25, -0.2) is 0 Å². The number of carbonyl (C=O) groups is 3. The van der Waals surface area contributed by atoms with Gasteiger partial charge in [0.1, 0.15) is 6.54 Å². The lowest BCUT2D eigenvalue weighted by molar-refractivity contribution is -0.135. The fraction of sp³-hybridized carbons (Fsp3) is 0.423. The maximum absolute atomic E-state index is 13.0. The number of aromatic nitrogens is 1. The summed E-state index contributed by atoms with van der Waals surface area (Å²) in [5.41, 5.74) is 6.42. The van der Waals surface area contributed by atoms with Crippen LogP contribution in [0.4, 0.5) is 4.79 Å². The molecule has 2 saturated heterocycles. The van der Waals surface area contributed by atoms with E-state index in [4.69, 9.17) is 0 Å². The minimum absolute atomic E-state index is 0.145. The summed E-state index contributed by atoms with van der Waals surface area (Å²) >= 11 is 0.912. The third kappa shape index (κ3) is 4.93. The normalized spacial score (nSPS) is 18.4. The molecule has 0 aliphatic carbocycles. The van der Waals surface area contributed by atoms with Gasteiger partial charge in [0.2, 0.25) is 5.91 Å². The molecule has 2 aromatic rings. The highest BCUT2D eigenvalue weighted by Crippen LogP contribution is 2.34. The van der Waals surface area contributed by atoms with E-state index >= 15 is 0 Å². The van der Waals surface area contributed by atoms with Crippen LogP contribution in [0, 0.1) is 27.7 Å². The van der Waals surface area contributed by atoms with Crippen molar-refractivity contribution in [3.05, 3.63) is 57.2 Å². The van der Waals surface area contributed by atoms with E-state index in [1.165, 1.54) is 11.1 Å². The molecule has 33 heavy (non-hydrogen) atoms. The topological polar surface area (TPSA) is 62.6 Å². The van der Waals surface area contributed by atoms with Crippen molar-refractivity contribution >= 4 is 34.9 Å². The molecule has 0 radical (unpaired) electrons. The van der Waals surface area contributed by atoms with E-state index < -0.39 is 0 Å². The van der Waals surface area contributed by atoms with Crippen LogP contribution in [-0.4, -0.2) is 51.1 Å². The highest BCUT2D eigenvalue weighted by atomic mass is 32.2. The van der Waals surface area contributed by atoms with Gasteiger partial charge in [-0.1, -0.05) is 18.9 Å². The van der Waals surface area contributed by atoms with Crippen LogP contribution in [-0.2, 0) is 9.59 Å². The van der Waals surface area contributed by atoms with Gasteiger partial charge in [-0.15, -0.1) is 0 Å². The number of nitrogens with zero attached hydrogens (tertiary/aromatic N) is 3. The number of carbonyl (C=O) groups excluding carboxylic acids is 3. The second-order valence-corrected chi connectivity index (χ2v) is 10.1. The van der Waals surface area contributed by atoms with Crippen molar-refractivity contribution in [1.82, 2.24) is 14.4 Å². The average Bonchev–Trinajstić information content (AvgIpc) is 3.04. The van der Waals surface area contributed by atoms with Gasteiger partial charge in [0.15, 0.2) is 0 Å². The van der Waals surface area contributed by atoms with E-state index in [-0.39, 0.29) is 23.6 Å². The Bertz CT molecular complexity index is 1120. The van der Waals surface area contributed by atoms with Crippen LogP contribution >= 0.6 is 11.8 Å². The molecular weight excluding hydrogens is 434 g/mol. The molecule has 2 fully saturated rings. The van der Waals surface area contributed by atoms with Crippen molar-refractivity contribution in [1.29, 1.82) is 0 Å². The lowest BCUT2D eigenvalue weighted by atomic mass is 10.1. The van der Waals surface area contributed by atoms with Gasteiger partial charge < -0.3 is 9.47 Å². The first kappa shape index (κ1) is 23.4. The molecule has 1 aromatic heterocycles. The molecule has 7 heteroatoms. The minimum Gasteiger partial charge on any atom is -0.341 e. The van der Waals surface area contributed by atoms with Gasteiger partial charge >= 0.3 is 0 Å². The monoisotopic (exact) mass is 465 g/mol. The number of benzene rings is 1. The highest BCUT2D eigenvalue weighted by Gasteiger charge is 2.37. The standard InChI is InChI=1S/C26H31N3O3S/c1-17-11-18(2)13-22(12-17)29-19(3)14-21(20(29)4)15-23-25(31)28(26(32)33-23)16-24(30)27-9-7-5-6-8-10-27/h11-15H,5-10,16H2,1-4H3. The number of rotatable bonds is 4. The Balaban J connectivity index is 1.56. The van der Waals surface area contributed by atoms with Crippen molar-refractivity contribution in [3.63, 3.8) is 0 Å². The second kappa shape index (κ2) is 9.59. The van der Waals surface area contributed by atoms with Gasteiger partial charge in [-0.2, -0.15) is 0 Å². The first-order valence-electron chi connectivity index (χ1n) is 11.6. The quantitative estimate of drug-likeness (QED) is 0.586. The number of thioether (sulfide) groups is 1. The molecule has 174 valence electrons. The summed E-state index contributed by atoms with van der Waals surface area (Å²) in [6, 6.07) is 8.45. The molecule has 4 rings (SSSR count). The van der Waals surface area contributed by atoms with Crippen molar-refractivity contribution in [2.24, 2.45) is 0 Å². The van der Waals surface area contributed by atoms with Crippen molar-refractivity contribution < 1.29 is 14.4 Å². The second-order valence-electron chi connectivity index (χ2n) is 9.07. The van der Waals surface area contributed by atoms with Crippen molar-refractivity contribution in [3.8, 4) is 5.69 Å². The Morgan fingerprint density at radius 3 is 2.21 bits per heavy atom. The molecule has 0 spiro atoms. The molecular formula is C26H31N3O3S. The molecule has 2 aliphatic rings. The average molecular weight is 466 g/mol. The summed E-state index contributed by atoms with van der Waals surface area (Å²) in [5, 5.41) is -0.377. The Hall–Kier alpha value is -2.80. The fourth-order valence-electron chi connectivity index (χ4n) is 4.74. The van der Waals surface area contributed by atoms with E-state index in [1.54, 1.807) is 11.0 Å². The number of hydrogen-bond donors (Lipinski definition) is 0. The lowest BCUT2D eigenvalue weighted by Crippen LogP contribution is -2.42. The third-order valence-electron chi connectivity index (χ3n) is 6.35. The molecule has 3 heterocycles. The van der Waals surface area contributed by atoms with Gasteiger partial charge in [0, 0.05) is 30.2 Å². The van der Waals surface area contributed by atoms with Gasteiger partial charge in [-0.3, -0.25) is 19.3 Å². The minimum atomic E-state index is -0.385. The number of amides is 3. The Kier molecular flexibility index (Phi) is 6.79. The first-order chi connectivity index (χ1) is 15.7. The van der Waals surface area contributed by atoms with E-state index in [0.29, 0.717) is 18.0 Å². The summed E-state index contributed by atoms with van der Waals surface area (Å²) in [7, 11) is 0. The maximum atomic E-state index is 13.0. The Morgan fingerprint density at radius 2 is 1.58 bits per heavy atom. The molecule has 0 atom stereocenters. The van der Waals surface area contributed by atoms with Gasteiger partial charge in [-0.05, 0) is 93.3 Å². The Labute approximate surface area is 199 Å². The SMILES string of the molecule is Cc1cc(C)cc(-n2c(C)cc(C=C3SC(=O)N(CC(=O)N4CCCCCC4)C3=O)c2C)c1. The van der Waals surface area contributed by atoms with Crippen LogP contribution in [0.25, 0.3) is 11.8 Å². The molecule has 3 amide bonds. The molecule has 1 aromatic carbocycles. The lowest BCUT2D eigenvalue weighted by Gasteiger charge is -2.22. The molecule has 6 nitrogen and oxygen atoms in total. The van der Waals surface area contributed by atoms with E-state index in [0.717, 1.165) is 65.0 Å². The zero-order valence-corrected chi connectivity index (χ0v) is 20.6. The molecule has 0 unspecified atom stereocenters. The predicted octanol–water partition coefficient (Wildman–Crippen LogP) is 5.15. The number of aryl methyl sites for hydroxylation is 3. The van der Waals surface area contributed by atoms with E-state index in [9.17, 15) is 14.4 Å². The third-order valence-corrected chi connectivity index (χ3v) is 7.25. The first-order valence-corrected chi connectivity index (χ1v) is 12.4. The van der Waals surface area contributed by atoms with Crippen molar-refractivity contribution in [2.75, 3.05) is 19.6 Å². The molecule has 2 aliphatic heterocycles. The molecule has 0 N–H and O–H groups in total. The summed E-state index contributed by atoms with van der Waals surface area (Å²) in [6.45, 7) is 9.44. The summed E-state index contributed by atoms with van der Waals surface area (Å²) in [5.74, 6) is -0.530. The molecule has 0 bridgehead atoms. The van der Waals surface area contributed by atoms with Gasteiger partial charge in [0.05, 0.1) is 4.91 Å². The van der Waals surface area contributed by atoms with Crippen LogP contribution in [0.1, 0.15) is 53.8 Å². The Morgan fingerprint density at radius 1 is 0.939 bits per heavy atom. The summed E-state index contributed by atoms with van der Waals surface area (Å²) < 4.78 is 2.17. The van der Waals surface area contributed by atoms with Crippen molar-refractivity contribution in [2.45, 2.75) is 53.4 Å². The smallest absolute Gasteiger partial charge is 0.294 e. The predicted molar refractivity (Wildman–Crippen MR) is 132 cm³/mol. The van der Waals surface area contributed by atoms with Crippen LogP contribution in [0.2, 0.25) is 0 Å².